The smallest absolute Gasteiger partial charge is 0.358 e. The van der Waals surface area contributed by atoms with E-state index in [0.29, 0.717) is 6.04 Å². The molecule has 1 aromatic rings. The summed E-state index contributed by atoms with van der Waals surface area (Å²) in [5, 5.41) is 13.9. The van der Waals surface area contributed by atoms with E-state index in [1.807, 2.05) is 11.6 Å². The van der Waals surface area contributed by atoms with Crippen molar-refractivity contribution in [3.8, 4) is 0 Å². The highest BCUT2D eigenvalue weighted by Gasteiger charge is 2.28. The molecule has 0 saturated heterocycles. The lowest BCUT2D eigenvalue weighted by Gasteiger charge is -2.23. The van der Waals surface area contributed by atoms with Gasteiger partial charge in [-0.25, -0.2) is 0 Å². The fourth-order valence-electron chi connectivity index (χ4n) is 2.32. The molecule has 1 atom stereocenters. The van der Waals surface area contributed by atoms with Crippen molar-refractivity contribution >= 4 is 5.82 Å². The monoisotopic (exact) mass is 224 g/mol. The molecule has 6 nitrogen and oxygen atoms in total. The van der Waals surface area contributed by atoms with Crippen LogP contribution in [-0.4, -0.2) is 28.1 Å². The van der Waals surface area contributed by atoms with Crippen LogP contribution >= 0.6 is 0 Å². The first kappa shape index (κ1) is 11.1. The van der Waals surface area contributed by atoms with Gasteiger partial charge in [-0.3, -0.25) is 0 Å². The van der Waals surface area contributed by atoms with E-state index in [1.54, 1.807) is 6.33 Å². The fourth-order valence-corrected chi connectivity index (χ4v) is 2.32. The second kappa shape index (κ2) is 4.61. The van der Waals surface area contributed by atoms with Crippen LogP contribution in [0.2, 0.25) is 0 Å². The normalized spacial score (nSPS) is 19.4. The van der Waals surface area contributed by atoms with Gasteiger partial charge in [0.1, 0.15) is 5.69 Å². The molecule has 0 saturated carbocycles. The van der Waals surface area contributed by atoms with Crippen molar-refractivity contribution in [3.05, 3.63) is 22.1 Å². The van der Waals surface area contributed by atoms with Gasteiger partial charge in [0.05, 0.1) is 0 Å². The molecule has 2 rings (SSSR count). The highest BCUT2D eigenvalue weighted by Crippen LogP contribution is 2.31. The second-order valence-electron chi connectivity index (χ2n) is 4.12. The molecule has 1 unspecified atom stereocenters. The van der Waals surface area contributed by atoms with E-state index in [2.05, 4.69) is 10.3 Å². The number of nitrogens with one attached hydrogen (secondary N) is 1. The van der Waals surface area contributed by atoms with Gasteiger partial charge >= 0.3 is 5.82 Å². The van der Waals surface area contributed by atoms with Crippen molar-refractivity contribution in [1.82, 2.24) is 14.9 Å². The Balaban J connectivity index is 2.23. The first-order chi connectivity index (χ1) is 7.74. The maximum absolute atomic E-state index is 10.8. The lowest BCUT2D eigenvalue weighted by Crippen LogP contribution is -2.21. The lowest BCUT2D eigenvalue weighted by atomic mass is 10.00. The Kier molecular flexibility index (Phi) is 3.19. The van der Waals surface area contributed by atoms with Crippen molar-refractivity contribution in [2.24, 2.45) is 0 Å². The lowest BCUT2D eigenvalue weighted by molar-refractivity contribution is -0.390. The van der Waals surface area contributed by atoms with Crippen molar-refractivity contribution in [2.45, 2.75) is 31.7 Å². The van der Waals surface area contributed by atoms with Gasteiger partial charge in [-0.15, -0.1) is 0 Å². The molecule has 2 heterocycles. The molecule has 0 bridgehead atoms. The number of rotatable bonds is 4. The Labute approximate surface area is 93.8 Å². The van der Waals surface area contributed by atoms with E-state index in [-0.39, 0.29) is 10.7 Å². The standard InChI is InChI=1S/C10H16N4O2/c1-11-6-5-8-3-2-4-9-10(14(15)16)12-7-13(8)9/h7-8,11H,2-6H2,1H3. The van der Waals surface area contributed by atoms with Crippen LogP contribution in [0.3, 0.4) is 0 Å². The molecule has 1 aromatic heterocycles. The summed E-state index contributed by atoms with van der Waals surface area (Å²) in [6, 6.07) is 0.359. The van der Waals surface area contributed by atoms with Crippen LogP contribution in [0.15, 0.2) is 6.33 Å². The summed E-state index contributed by atoms with van der Waals surface area (Å²) in [7, 11) is 1.92. The van der Waals surface area contributed by atoms with Crippen LogP contribution < -0.4 is 5.32 Å². The molecular weight excluding hydrogens is 208 g/mol. The van der Waals surface area contributed by atoms with E-state index in [0.717, 1.165) is 37.9 Å². The maximum Gasteiger partial charge on any atom is 0.384 e. The summed E-state index contributed by atoms with van der Waals surface area (Å²) >= 11 is 0. The minimum absolute atomic E-state index is 0.0363. The predicted molar refractivity (Wildman–Crippen MR) is 59.4 cm³/mol. The van der Waals surface area contributed by atoms with Crippen LogP contribution in [-0.2, 0) is 6.42 Å². The molecule has 0 radical (unpaired) electrons. The molecule has 0 aliphatic carbocycles. The SMILES string of the molecule is CNCCC1CCCc2c([N+](=O)[O-])ncn21. The van der Waals surface area contributed by atoms with Gasteiger partial charge in [0.2, 0.25) is 6.33 Å². The number of nitro groups is 1. The minimum atomic E-state index is -0.383. The molecule has 0 fully saturated rings. The highest BCUT2D eigenvalue weighted by atomic mass is 16.6. The molecule has 1 aliphatic rings. The topological polar surface area (TPSA) is 73.0 Å². The summed E-state index contributed by atoms with van der Waals surface area (Å²) < 4.78 is 1.99. The molecule has 1 aliphatic heterocycles. The van der Waals surface area contributed by atoms with Crippen LogP contribution in [0.1, 0.15) is 31.0 Å². The second-order valence-corrected chi connectivity index (χ2v) is 4.12. The van der Waals surface area contributed by atoms with Gasteiger partial charge in [-0.05, 0) is 49.2 Å². The minimum Gasteiger partial charge on any atom is -0.358 e. The third-order valence-corrected chi connectivity index (χ3v) is 3.12. The molecule has 0 spiro atoms. The van der Waals surface area contributed by atoms with E-state index in [9.17, 15) is 10.1 Å². The van der Waals surface area contributed by atoms with Gasteiger partial charge < -0.3 is 20.0 Å². The Morgan fingerprint density at radius 1 is 1.75 bits per heavy atom. The van der Waals surface area contributed by atoms with Gasteiger partial charge in [-0.1, -0.05) is 0 Å². The largest absolute Gasteiger partial charge is 0.384 e. The molecule has 6 heteroatoms. The number of imidazole rings is 1. The number of fused-ring (bicyclic) bond motifs is 1. The summed E-state index contributed by atoms with van der Waals surface area (Å²) in [6.45, 7) is 0.927. The van der Waals surface area contributed by atoms with Crippen molar-refractivity contribution in [3.63, 3.8) is 0 Å². The van der Waals surface area contributed by atoms with E-state index < -0.39 is 0 Å². The Hall–Kier alpha value is -1.43. The van der Waals surface area contributed by atoms with Crippen molar-refractivity contribution < 1.29 is 4.92 Å². The third kappa shape index (κ3) is 1.92. The average Bonchev–Trinajstić information content (AvgIpc) is 2.70. The van der Waals surface area contributed by atoms with E-state index in [4.69, 9.17) is 0 Å². The zero-order valence-corrected chi connectivity index (χ0v) is 9.35. The van der Waals surface area contributed by atoms with E-state index in [1.165, 1.54) is 0 Å². The highest BCUT2D eigenvalue weighted by molar-refractivity contribution is 5.28. The Bertz CT molecular complexity index is 388. The zero-order valence-electron chi connectivity index (χ0n) is 9.35. The summed E-state index contributed by atoms with van der Waals surface area (Å²) in [4.78, 5) is 14.3. The van der Waals surface area contributed by atoms with Crippen molar-refractivity contribution in [2.75, 3.05) is 13.6 Å². The van der Waals surface area contributed by atoms with Gasteiger partial charge in [0.25, 0.3) is 0 Å². The number of hydrogen-bond acceptors (Lipinski definition) is 4. The van der Waals surface area contributed by atoms with Crippen LogP contribution in [0, 0.1) is 10.1 Å². The van der Waals surface area contributed by atoms with Crippen LogP contribution in [0.5, 0.6) is 0 Å². The first-order valence-electron chi connectivity index (χ1n) is 5.58. The molecule has 16 heavy (non-hydrogen) atoms. The van der Waals surface area contributed by atoms with Crippen molar-refractivity contribution in [1.29, 1.82) is 0 Å². The number of aromatic nitrogens is 2. The third-order valence-electron chi connectivity index (χ3n) is 3.12. The molecule has 0 aromatic carbocycles. The van der Waals surface area contributed by atoms with Gasteiger partial charge in [0.15, 0.2) is 0 Å². The number of nitrogens with zero attached hydrogens (tertiary/aromatic N) is 3. The zero-order chi connectivity index (χ0) is 11.5. The Morgan fingerprint density at radius 2 is 2.56 bits per heavy atom. The summed E-state index contributed by atoms with van der Waals surface area (Å²) in [5.41, 5.74) is 0.789. The molecule has 88 valence electrons. The van der Waals surface area contributed by atoms with Crippen LogP contribution in [0.4, 0.5) is 5.82 Å². The predicted octanol–water partition coefficient (Wildman–Crippen LogP) is 1.28. The first-order valence-corrected chi connectivity index (χ1v) is 5.58. The maximum atomic E-state index is 10.8. The molecule has 1 N–H and O–H groups in total. The number of hydrogen-bond donors (Lipinski definition) is 1. The van der Waals surface area contributed by atoms with Crippen LogP contribution in [0.25, 0.3) is 0 Å². The van der Waals surface area contributed by atoms with Gasteiger partial charge in [0, 0.05) is 6.04 Å². The fraction of sp³-hybridized carbons (Fsp3) is 0.700. The summed E-state index contributed by atoms with van der Waals surface area (Å²) in [6.07, 6.45) is 5.49. The summed E-state index contributed by atoms with van der Waals surface area (Å²) in [5.74, 6) is 0.0363. The van der Waals surface area contributed by atoms with Gasteiger partial charge in [-0.2, -0.15) is 0 Å². The molecule has 0 amide bonds. The molecular formula is C10H16N4O2. The average molecular weight is 224 g/mol. The quantitative estimate of drug-likeness (QED) is 0.617. The Morgan fingerprint density at radius 3 is 3.25 bits per heavy atom. The van der Waals surface area contributed by atoms with E-state index >= 15 is 0 Å².